The average molecular weight is 494 g/mol. The van der Waals surface area contributed by atoms with Crippen molar-refractivity contribution in [1.82, 2.24) is 14.8 Å². The summed E-state index contributed by atoms with van der Waals surface area (Å²) in [5.74, 6) is -1.71. The topological polar surface area (TPSA) is 92.5 Å². The molecule has 0 unspecified atom stereocenters. The molecule has 1 aromatic carbocycles. The normalized spacial score (nSPS) is 19.0. The number of benzene rings is 1. The highest BCUT2D eigenvalue weighted by Crippen LogP contribution is 2.30. The van der Waals surface area contributed by atoms with E-state index in [9.17, 15) is 22.0 Å². The van der Waals surface area contributed by atoms with Crippen molar-refractivity contribution < 1.29 is 26.5 Å². The second kappa shape index (κ2) is 10.4. The van der Waals surface area contributed by atoms with Crippen LogP contribution in [-0.4, -0.2) is 42.9 Å². The Hall–Kier alpha value is -2.59. The molecule has 0 spiro atoms. The highest BCUT2D eigenvalue weighted by Gasteiger charge is 2.36. The van der Waals surface area contributed by atoms with E-state index in [1.165, 1.54) is 35.9 Å². The lowest BCUT2D eigenvalue weighted by Crippen LogP contribution is -2.45. The summed E-state index contributed by atoms with van der Waals surface area (Å²) in [4.78, 5) is 12.6. The molecule has 0 bridgehead atoms. The Morgan fingerprint density at radius 3 is 2.50 bits per heavy atom. The van der Waals surface area contributed by atoms with E-state index in [1.54, 1.807) is 0 Å². The van der Waals surface area contributed by atoms with Gasteiger partial charge in [0.1, 0.15) is 17.3 Å². The van der Waals surface area contributed by atoms with E-state index < -0.39 is 21.7 Å². The van der Waals surface area contributed by atoms with Crippen LogP contribution in [0.2, 0.25) is 0 Å². The third-order valence-corrected chi connectivity index (χ3v) is 8.64. The van der Waals surface area contributed by atoms with Crippen molar-refractivity contribution in [3.8, 4) is 0 Å². The molecule has 2 heterocycles. The Morgan fingerprint density at radius 1 is 1.12 bits per heavy atom. The molecule has 4 rings (SSSR count). The number of rotatable bonds is 6. The van der Waals surface area contributed by atoms with Crippen molar-refractivity contribution in [3.05, 3.63) is 46.9 Å². The van der Waals surface area contributed by atoms with Crippen LogP contribution in [0.3, 0.4) is 0 Å². The Bertz CT molecular complexity index is 1160. The average Bonchev–Trinajstić information content (AvgIpc) is 3.20. The van der Waals surface area contributed by atoms with Crippen LogP contribution < -0.4 is 5.32 Å². The molecule has 2 fully saturated rings. The summed E-state index contributed by atoms with van der Waals surface area (Å²) >= 11 is 0. The largest absolute Gasteiger partial charge is 0.355 e. The Balaban J connectivity index is 1.44. The molecular weight excluding hydrogens is 464 g/mol. The molecule has 0 radical (unpaired) electrons. The first-order valence-electron chi connectivity index (χ1n) is 11.7. The Morgan fingerprint density at radius 2 is 1.82 bits per heavy atom. The molecule has 34 heavy (non-hydrogen) atoms. The summed E-state index contributed by atoms with van der Waals surface area (Å²) in [6.07, 6.45) is 8.98. The van der Waals surface area contributed by atoms with Crippen LogP contribution in [0.1, 0.15) is 62.0 Å². The fraction of sp³-hybridized carbons (Fsp3) is 0.500. The lowest BCUT2D eigenvalue weighted by atomic mass is 9.93. The minimum absolute atomic E-state index is 0.00931. The number of sulfonamides is 1. The molecule has 1 saturated heterocycles. The van der Waals surface area contributed by atoms with Gasteiger partial charge in [-0.1, -0.05) is 24.4 Å². The summed E-state index contributed by atoms with van der Waals surface area (Å²) in [6, 6.07) is 3.34. The number of carbonyl (C=O) groups excluding carboxylic acids is 1. The van der Waals surface area contributed by atoms with Gasteiger partial charge in [-0.05, 0) is 56.9 Å². The molecule has 1 aromatic heterocycles. The highest BCUT2D eigenvalue weighted by atomic mass is 32.2. The molecule has 1 aliphatic carbocycles. The maximum Gasteiger partial charge on any atom is 0.248 e. The molecule has 10 heteroatoms. The number of piperidine rings is 1. The van der Waals surface area contributed by atoms with Gasteiger partial charge in [0, 0.05) is 36.7 Å². The van der Waals surface area contributed by atoms with Crippen LogP contribution in [0.25, 0.3) is 12.2 Å². The zero-order chi connectivity index (χ0) is 24.3. The second-order valence-corrected chi connectivity index (χ2v) is 10.9. The molecule has 2 aliphatic rings. The number of carbonyl (C=O) groups is 1. The summed E-state index contributed by atoms with van der Waals surface area (Å²) < 4.78 is 60.4. The third-order valence-electron chi connectivity index (χ3n) is 6.58. The Kier molecular flexibility index (Phi) is 7.47. The van der Waals surface area contributed by atoms with Gasteiger partial charge in [0.25, 0.3) is 0 Å². The summed E-state index contributed by atoms with van der Waals surface area (Å²) in [6.45, 7) is 1.95. The summed E-state index contributed by atoms with van der Waals surface area (Å²) in [5.41, 5.74) is 0.278. The van der Waals surface area contributed by atoms with Crippen molar-refractivity contribution in [2.75, 3.05) is 13.1 Å². The van der Waals surface area contributed by atoms with Gasteiger partial charge >= 0.3 is 0 Å². The van der Waals surface area contributed by atoms with Gasteiger partial charge in [-0.15, -0.1) is 0 Å². The fourth-order valence-corrected chi connectivity index (χ4v) is 6.37. The van der Waals surface area contributed by atoms with Crippen molar-refractivity contribution in [2.45, 2.75) is 62.8 Å². The number of nitrogens with zero attached hydrogens (tertiary/aromatic N) is 2. The number of hydrogen-bond donors (Lipinski definition) is 1. The van der Waals surface area contributed by atoms with Gasteiger partial charge in [0.05, 0.1) is 0 Å². The number of hydrogen-bond acceptors (Lipinski definition) is 5. The number of halogens is 2. The number of aryl methyl sites for hydroxylation is 1. The van der Waals surface area contributed by atoms with E-state index in [2.05, 4.69) is 10.5 Å². The SMILES string of the molecule is Cc1noc(/C=C/c2ccc(F)cc2F)c1S(=O)(=O)N1CCC(C(=O)NC2CCCCC2)CC1. The van der Waals surface area contributed by atoms with E-state index in [4.69, 9.17) is 4.52 Å². The molecular formula is C24H29F2N3O4S. The predicted octanol–water partition coefficient (Wildman–Crippen LogP) is 4.28. The van der Waals surface area contributed by atoms with Crippen LogP contribution in [-0.2, 0) is 14.8 Å². The van der Waals surface area contributed by atoms with Crippen molar-refractivity contribution >= 4 is 28.1 Å². The van der Waals surface area contributed by atoms with Crippen LogP contribution in [0.15, 0.2) is 27.6 Å². The van der Waals surface area contributed by atoms with Crippen LogP contribution in [0.4, 0.5) is 8.78 Å². The molecule has 7 nitrogen and oxygen atoms in total. The van der Waals surface area contributed by atoms with Crippen LogP contribution >= 0.6 is 0 Å². The van der Waals surface area contributed by atoms with Crippen molar-refractivity contribution in [2.24, 2.45) is 5.92 Å². The van der Waals surface area contributed by atoms with E-state index in [0.717, 1.165) is 37.8 Å². The molecule has 1 amide bonds. The number of amides is 1. The van der Waals surface area contributed by atoms with E-state index in [-0.39, 0.29) is 52.9 Å². The minimum atomic E-state index is -3.94. The number of nitrogens with one attached hydrogen (secondary N) is 1. The molecule has 184 valence electrons. The quantitative estimate of drug-likeness (QED) is 0.649. The zero-order valence-corrected chi connectivity index (χ0v) is 19.9. The second-order valence-electron chi connectivity index (χ2n) is 8.98. The van der Waals surface area contributed by atoms with Crippen molar-refractivity contribution in [1.29, 1.82) is 0 Å². The molecule has 1 N–H and O–H groups in total. The monoisotopic (exact) mass is 493 g/mol. The van der Waals surface area contributed by atoms with Gasteiger partial charge in [-0.3, -0.25) is 4.79 Å². The standard InChI is InChI=1S/C24H29F2N3O4S/c1-16-23(22(33-28-16)10-8-17-7-9-19(25)15-21(17)26)34(31,32)29-13-11-18(12-14-29)24(30)27-20-5-3-2-4-6-20/h7-10,15,18,20H,2-6,11-14H2,1H3,(H,27,30)/b10-8+. The van der Waals surface area contributed by atoms with Crippen molar-refractivity contribution in [3.63, 3.8) is 0 Å². The first kappa shape index (κ1) is 24.5. The summed E-state index contributed by atoms with van der Waals surface area (Å²) in [5, 5.41) is 6.92. The molecule has 0 atom stereocenters. The fourth-order valence-electron chi connectivity index (χ4n) is 4.65. The van der Waals surface area contributed by atoms with E-state index >= 15 is 0 Å². The van der Waals surface area contributed by atoms with Crippen LogP contribution in [0.5, 0.6) is 0 Å². The van der Waals surface area contributed by atoms with Gasteiger partial charge in [-0.2, -0.15) is 4.31 Å². The first-order valence-corrected chi connectivity index (χ1v) is 13.1. The third kappa shape index (κ3) is 5.38. The minimum Gasteiger partial charge on any atom is -0.355 e. The maximum atomic E-state index is 13.9. The van der Waals surface area contributed by atoms with Gasteiger partial charge in [0.2, 0.25) is 15.9 Å². The smallest absolute Gasteiger partial charge is 0.248 e. The van der Waals surface area contributed by atoms with E-state index in [1.807, 2.05) is 0 Å². The molecule has 1 saturated carbocycles. The van der Waals surface area contributed by atoms with Gasteiger partial charge in [0.15, 0.2) is 10.7 Å². The summed E-state index contributed by atoms with van der Waals surface area (Å²) in [7, 11) is -3.94. The Labute approximate surface area is 198 Å². The molecule has 1 aliphatic heterocycles. The zero-order valence-electron chi connectivity index (χ0n) is 19.1. The highest BCUT2D eigenvalue weighted by molar-refractivity contribution is 7.89. The lowest BCUT2D eigenvalue weighted by Gasteiger charge is -2.32. The number of aromatic nitrogens is 1. The molecule has 2 aromatic rings. The van der Waals surface area contributed by atoms with Crippen LogP contribution in [0, 0.1) is 24.5 Å². The first-order chi connectivity index (χ1) is 16.3. The maximum absolute atomic E-state index is 13.9. The van der Waals surface area contributed by atoms with Gasteiger partial charge < -0.3 is 9.84 Å². The predicted molar refractivity (Wildman–Crippen MR) is 123 cm³/mol. The van der Waals surface area contributed by atoms with E-state index in [0.29, 0.717) is 12.8 Å². The lowest BCUT2D eigenvalue weighted by molar-refractivity contribution is -0.127. The van der Waals surface area contributed by atoms with Gasteiger partial charge in [-0.25, -0.2) is 17.2 Å².